The van der Waals surface area contributed by atoms with Crippen molar-refractivity contribution in [3.63, 3.8) is 0 Å². The van der Waals surface area contributed by atoms with Crippen molar-refractivity contribution in [1.82, 2.24) is 25.3 Å². The third-order valence-electron chi connectivity index (χ3n) is 4.40. The lowest BCUT2D eigenvalue weighted by molar-refractivity contribution is -0.116. The summed E-state index contributed by atoms with van der Waals surface area (Å²) in [6.45, 7) is 2.03. The molecule has 0 bridgehead atoms. The Labute approximate surface area is 187 Å². The largest absolute Gasteiger partial charge is 0.339 e. The highest BCUT2D eigenvalue weighted by Gasteiger charge is 2.12. The summed E-state index contributed by atoms with van der Waals surface area (Å²) in [7, 11) is 0. The van der Waals surface area contributed by atoms with Crippen LogP contribution in [0.15, 0.2) is 58.2 Å². The molecular formula is C21H19ClN6O2S. The summed E-state index contributed by atoms with van der Waals surface area (Å²) in [5, 5.41) is 15.2. The molecule has 2 aromatic carbocycles. The molecule has 0 aliphatic rings. The molecule has 2 aromatic heterocycles. The van der Waals surface area contributed by atoms with E-state index in [9.17, 15) is 4.79 Å². The highest BCUT2D eigenvalue weighted by Crippen LogP contribution is 2.23. The number of thioether (sulfide) groups is 1. The summed E-state index contributed by atoms with van der Waals surface area (Å²) in [5.41, 5.74) is 2.83. The SMILES string of the molecule is Cc1ccccc1-c1nc(SCc2noc(CCC(=O)Nc3ccc(Cl)cc3)n2)n[nH]1. The van der Waals surface area contributed by atoms with E-state index in [0.29, 0.717) is 39.8 Å². The Kier molecular flexibility index (Phi) is 6.63. The summed E-state index contributed by atoms with van der Waals surface area (Å²) in [5.74, 6) is 1.99. The summed E-state index contributed by atoms with van der Waals surface area (Å²) in [6, 6.07) is 14.9. The van der Waals surface area contributed by atoms with Gasteiger partial charge in [0.25, 0.3) is 0 Å². The molecule has 0 aliphatic carbocycles. The number of aromatic amines is 1. The summed E-state index contributed by atoms with van der Waals surface area (Å²) in [6.07, 6.45) is 0.591. The second-order valence-electron chi connectivity index (χ2n) is 6.73. The van der Waals surface area contributed by atoms with E-state index >= 15 is 0 Å². The van der Waals surface area contributed by atoms with E-state index in [0.717, 1.165) is 17.0 Å². The van der Waals surface area contributed by atoms with E-state index in [1.54, 1.807) is 24.3 Å². The zero-order valence-electron chi connectivity index (χ0n) is 16.6. The molecule has 0 fully saturated rings. The van der Waals surface area contributed by atoms with E-state index in [4.69, 9.17) is 16.1 Å². The first-order chi connectivity index (χ1) is 15.1. The molecule has 2 N–H and O–H groups in total. The predicted octanol–water partition coefficient (Wildman–Crippen LogP) is 4.68. The van der Waals surface area contributed by atoms with Crippen LogP contribution in [0.25, 0.3) is 11.4 Å². The van der Waals surface area contributed by atoms with Crippen molar-refractivity contribution in [3.8, 4) is 11.4 Å². The van der Waals surface area contributed by atoms with Crippen molar-refractivity contribution in [2.45, 2.75) is 30.7 Å². The Bertz CT molecular complexity index is 1170. The lowest BCUT2D eigenvalue weighted by Gasteiger charge is -2.03. The highest BCUT2D eigenvalue weighted by molar-refractivity contribution is 7.98. The van der Waals surface area contributed by atoms with Crippen LogP contribution in [0.2, 0.25) is 5.02 Å². The number of nitrogens with zero attached hydrogens (tertiary/aromatic N) is 4. The number of nitrogens with one attached hydrogen (secondary N) is 2. The van der Waals surface area contributed by atoms with E-state index in [1.165, 1.54) is 11.8 Å². The number of anilines is 1. The molecule has 31 heavy (non-hydrogen) atoms. The molecule has 0 unspecified atom stereocenters. The van der Waals surface area contributed by atoms with Gasteiger partial charge < -0.3 is 9.84 Å². The van der Waals surface area contributed by atoms with Crippen LogP contribution in [-0.4, -0.2) is 31.2 Å². The molecule has 4 aromatic rings. The van der Waals surface area contributed by atoms with Crippen LogP contribution in [0.5, 0.6) is 0 Å². The third-order valence-corrected chi connectivity index (χ3v) is 5.49. The van der Waals surface area contributed by atoms with Crippen LogP contribution in [0.3, 0.4) is 0 Å². The maximum absolute atomic E-state index is 12.1. The minimum Gasteiger partial charge on any atom is -0.339 e. The molecule has 0 saturated heterocycles. The van der Waals surface area contributed by atoms with Crippen molar-refractivity contribution in [1.29, 1.82) is 0 Å². The maximum atomic E-state index is 12.1. The molecule has 0 aliphatic heterocycles. The maximum Gasteiger partial charge on any atom is 0.227 e. The first-order valence-corrected chi connectivity index (χ1v) is 10.9. The van der Waals surface area contributed by atoms with E-state index in [1.807, 2.05) is 31.2 Å². The number of benzene rings is 2. The van der Waals surface area contributed by atoms with Gasteiger partial charge in [-0.2, -0.15) is 4.98 Å². The fourth-order valence-electron chi connectivity index (χ4n) is 2.83. The predicted molar refractivity (Wildman–Crippen MR) is 119 cm³/mol. The van der Waals surface area contributed by atoms with Crippen LogP contribution in [-0.2, 0) is 17.0 Å². The van der Waals surface area contributed by atoms with Crippen molar-refractivity contribution in [2.24, 2.45) is 0 Å². The average Bonchev–Trinajstić information content (AvgIpc) is 3.42. The van der Waals surface area contributed by atoms with Crippen LogP contribution >= 0.6 is 23.4 Å². The Balaban J connectivity index is 1.26. The molecule has 1 amide bonds. The number of carbonyl (C=O) groups is 1. The molecule has 2 heterocycles. The Morgan fingerprint density at radius 3 is 2.77 bits per heavy atom. The van der Waals surface area contributed by atoms with Crippen molar-refractivity contribution in [2.75, 3.05) is 5.32 Å². The van der Waals surface area contributed by atoms with Crippen LogP contribution in [0.1, 0.15) is 23.7 Å². The van der Waals surface area contributed by atoms with E-state index in [2.05, 4.69) is 30.6 Å². The number of halogens is 1. The number of H-pyrrole nitrogens is 1. The highest BCUT2D eigenvalue weighted by atomic mass is 35.5. The lowest BCUT2D eigenvalue weighted by atomic mass is 10.1. The standard InChI is InChI=1S/C21H19ClN6O2S/c1-13-4-2-3-5-16(13)20-25-21(27-26-20)31-12-17-24-19(30-28-17)11-10-18(29)23-15-8-6-14(22)7-9-15/h2-9H,10-12H2,1H3,(H,23,29)(H,25,26,27). The molecule has 4 rings (SSSR count). The van der Waals surface area contributed by atoms with E-state index in [-0.39, 0.29) is 12.3 Å². The quantitative estimate of drug-likeness (QED) is 0.372. The molecule has 10 heteroatoms. The molecular weight excluding hydrogens is 436 g/mol. The minimum absolute atomic E-state index is 0.138. The number of hydrogen-bond acceptors (Lipinski definition) is 7. The van der Waals surface area contributed by atoms with Gasteiger partial charge in [0.2, 0.25) is 17.0 Å². The summed E-state index contributed by atoms with van der Waals surface area (Å²) >= 11 is 7.25. The van der Waals surface area contributed by atoms with Crippen LogP contribution in [0.4, 0.5) is 5.69 Å². The van der Waals surface area contributed by atoms with Crippen LogP contribution < -0.4 is 5.32 Å². The average molecular weight is 455 g/mol. The first kappa shape index (κ1) is 21.1. The van der Waals surface area contributed by atoms with E-state index < -0.39 is 0 Å². The van der Waals surface area contributed by atoms with Crippen molar-refractivity contribution >= 4 is 35.0 Å². The molecule has 8 nitrogen and oxygen atoms in total. The first-order valence-electron chi connectivity index (χ1n) is 9.55. The number of carbonyl (C=O) groups excluding carboxylic acids is 1. The van der Waals surface area contributed by atoms with Crippen molar-refractivity contribution in [3.05, 3.63) is 70.8 Å². The smallest absolute Gasteiger partial charge is 0.227 e. The monoisotopic (exact) mass is 454 g/mol. The van der Waals surface area contributed by atoms with Gasteiger partial charge in [0, 0.05) is 29.1 Å². The number of aryl methyl sites for hydroxylation is 2. The Morgan fingerprint density at radius 2 is 1.97 bits per heavy atom. The molecule has 0 radical (unpaired) electrons. The number of rotatable bonds is 8. The van der Waals surface area contributed by atoms with Gasteiger partial charge in [-0.3, -0.25) is 9.89 Å². The zero-order valence-corrected chi connectivity index (χ0v) is 18.2. The molecule has 158 valence electrons. The van der Waals surface area contributed by atoms with Crippen molar-refractivity contribution < 1.29 is 9.32 Å². The van der Waals surface area contributed by atoms with Gasteiger partial charge in [-0.15, -0.1) is 5.10 Å². The number of aromatic nitrogens is 5. The third kappa shape index (κ3) is 5.71. The lowest BCUT2D eigenvalue weighted by Crippen LogP contribution is -2.12. The van der Waals surface area contributed by atoms with Gasteiger partial charge in [-0.1, -0.05) is 52.8 Å². The molecule has 0 saturated carbocycles. The summed E-state index contributed by atoms with van der Waals surface area (Å²) in [4.78, 5) is 20.9. The van der Waals surface area contributed by atoms with Gasteiger partial charge in [0.05, 0.1) is 5.75 Å². The van der Waals surface area contributed by atoms with Gasteiger partial charge >= 0.3 is 0 Å². The topological polar surface area (TPSA) is 110 Å². The fourth-order valence-corrected chi connectivity index (χ4v) is 3.59. The Hall–Kier alpha value is -3.17. The second-order valence-corrected chi connectivity index (χ2v) is 8.11. The van der Waals surface area contributed by atoms with Gasteiger partial charge in [0.1, 0.15) is 0 Å². The normalized spacial score (nSPS) is 10.9. The number of hydrogen-bond donors (Lipinski definition) is 2. The molecule has 0 atom stereocenters. The summed E-state index contributed by atoms with van der Waals surface area (Å²) < 4.78 is 5.24. The zero-order chi connectivity index (χ0) is 21.6. The van der Waals surface area contributed by atoms with Crippen LogP contribution in [0, 0.1) is 6.92 Å². The van der Waals surface area contributed by atoms with Gasteiger partial charge in [-0.05, 0) is 36.8 Å². The second kappa shape index (κ2) is 9.76. The fraction of sp³-hybridized carbons (Fsp3) is 0.190. The molecule has 0 spiro atoms. The van der Waals surface area contributed by atoms with Gasteiger partial charge in [-0.25, -0.2) is 4.98 Å². The van der Waals surface area contributed by atoms with Gasteiger partial charge in [0.15, 0.2) is 11.6 Å². The Morgan fingerprint density at radius 1 is 1.16 bits per heavy atom. The number of amides is 1. The minimum atomic E-state index is -0.138.